The van der Waals surface area contributed by atoms with Gasteiger partial charge in [0.15, 0.2) is 0 Å². The van der Waals surface area contributed by atoms with Crippen LogP contribution < -0.4 is 0 Å². The van der Waals surface area contributed by atoms with E-state index in [1.807, 2.05) is 30.3 Å². The molecule has 5 heteroatoms. The van der Waals surface area contributed by atoms with Crippen molar-refractivity contribution < 1.29 is 5.21 Å². The molecule has 0 saturated heterocycles. The summed E-state index contributed by atoms with van der Waals surface area (Å²) in [6.45, 7) is 0.307. The summed E-state index contributed by atoms with van der Waals surface area (Å²) in [4.78, 5) is 2.63. The minimum atomic E-state index is 0.307. The van der Waals surface area contributed by atoms with Gasteiger partial charge in [-0.1, -0.05) is 46.7 Å². The second-order valence-electron chi connectivity index (χ2n) is 2.69. The molecule has 0 unspecified atom stereocenters. The molecular weight excluding hydrogens is 192 g/mol. The van der Waals surface area contributed by atoms with E-state index >= 15 is 0 Å². The van der Waals surface area contributed by atoms with E-state index in [1.54, 1.807) is 6.08 Å². The summed E-state index contributed by atoms with van der Waals surface area (Å²) < 4.78 is 0. The number of azide groups is 1. The lowest BCUT2D eigenvalue weighted by molar-refractivity contribution is 0.322. The van der Waals surface area contributed by atoms with Crippen LogP contribution in [0.15, 0.2) is 40.6 Å². The highest BCUT2D eigenvalue weighted by atomic mass is 16.4. The number of oxime groups is 1. The highest BCUT2D eigenvalue weighted by Gasteiger charge is 1.93. The topological polar surface area (TPSA) is 81.4 Å². The highest BCUT2D eigenvalue weighted by molar-refractivity contribution is 5.84. The lowest BCUT2D eigenvalue weighted by atomic mass is 10.1. The van der Waals surface area contributed by atoms with Crippen LogP contribution >= 0.6 is 0 Å². The Balaban J connectivity index is 2.83. The first-order chi connectivity index (χ1) is 7.38. The summed E-state index contributed by atoms with van der Waals surface area (Å²) in [5.74, 6) is 0. The van der Waals surface area contributed by atoms with Crippen LogP contribution in [0.2, 0.25) is 0 Å². The maximum atomic E-state index is 8.43. The average molecular weight is 202 g/mol. The van der Waals surface area contributed by atoms with Crippen LogP contribution in [-0.2, 0) is 0 Å². The van der Waals surface area contributed by atoms with Gasteiger partial charge in [-0.2, -0.15) is 0 Å². The van der Waals surface area contributed by atoms with E-state index in [9.17, 15) is 0 Å². The molecule has 0 spiro atoms. The summed E-state index contributed by atoms with van der Waals surface area (Å²) in [5, 5.41) is 14.8. The summed E-state index contributed by atoms with van der Waals surface area (Å²) in [6, 6.07) is 7.43. The maximum absolute atomic E-state index is 8.43. The van der Waals surface area contributed by atoms with Crippen LogP contribution in [0.4, 0.5) is 0 Å². The summed E-state index contributed by atoms with van der Waals surface area (Å²) in [7, 11) is 0. The highest BCUT2D eigenvalue weighted by Crippen LogP contribution is 2.08. The first-order valence-electron chi connectivity index (χ1n) is 4.32. The van der Waals surface area contributed by atoms with Crippen molar-refractivity contribution in [3.8, 4) is 0 Å². The zero-order chi connectivity index (χ0) is 10.9. The predicted octanol–water partition coefficient (Wildman–Crippen LogP) is 2.82. The molecule has 1 aromatic rings. The molecule has 76 valence electrons. The number of hydrogen-bond donors (Lipinski definition) is 1. The fraction of sp³-hybridized carbons (Fsp3) is 0.100. The minimum Gasteiger partial charge on any atom is -0.411 e. The first-order valence-corrected chi connectivity index (χ1v) is 4.32. The Bertz CT molecular complexity index is 419. The molecule has 1 aromatic carbocycles. The third kappa shape index (κ3) is 3.54. The van der Waals surface area contributed by atoms with Crippen molar-refractivity contribution in [2.24, 2.45) is 10.3 Å². The molecule has 0 aliphatic carbocycles. The molecule has 1 N–H and O–H groups in total. The van der Waals surface area contributed by atoms with E-state index in [4.69, 9.17) is 10.7 Å². The van der Waals surface area contributed by atoms with Gasteiger partial charge < -0.3 is 5.21 Å². The molecule has 0 bridgehead atoms. The molecular formula is C10H10N4O. The Labute approximate surface area is 87.0 Å². The monoisotopic (exact) mass is 202 g/mol. The van der Waals surface area contributed by atoms with E-state index in [-0.39, 0.29) is 0 Å². The van der Waals surface area contributed by atoms with E-state index < -0.39 is 0 Å². The normalized spacial score (nSPS) is 10.7. The standard InChI is InChI=1S/C10H10N4O/c11-14-12-7-3-6-9-4-1-2-5-10(9)8-13-15/h1-6,8,15H,7H2. The number of rotatable bonds is 4. The molecule has 0 aliphatic heterocycles. The molecule has 0 saturated carbocycles. The first kappa shape index (κ1) is 10.8. The summed E-state index contributed by atoms with van der Waals surface area (Å²) in [5.41, 5.74) is 9.78. The number of hydrogen-bond acceptors (Lipinski definition) is 3. The Morgan fingerprint density at radius 1 is 1.33 bits per heavy atom. The van der Waals surface area contributed by atoms with Crippen molar-refractivity contribution in [3.63, 3.8) is 0 Å². The minimum absolute atomic E-state index is 0.307. The average Bonchev–Trinajstić information content (AvgIpc) is 2.27. The predicted molar refractivity (Wildman–Crippen MR) is 58.9 cm³/mol. The summed E-state index contributed by atoms with van der Waals surface area (Å²) in [6.07, 6.45) is 4.91. The van der Waals surface area contributed by atoms with Gasteiger partial charge in [-0.05, 0) is 11.1 Å². The molecule has 0 amide bonds. The van der Waals surface area contributed by atoms with Crippen LogP contribution in [0.3, 0.4) is 0 Å². The molecule has 0 aromatic heterocycles. The number of benzene rings is 1. The van der Waals surface area contributed by atoms with Crippen molar-refractivity contribution >= 4 is 12.3 Å². The Morgan fingerprint density at radius 3 is 2.73 bits per heavy atom. The van der Waals surface area contributed by atoms with Gasteiger partial charge in [-0.3, -0.25) is 0 Å². The fourth-order valence-corrected chi connectivity index (χ4v) is 1.11. The van der Waals surface area contributed by atoms with Crippen LogP contribution in [0.25, 0.3) is 16.5 Å². The number of nitrogens with zero attached hydrogens (tertiary/aromatic N) is 4. The lowest BCUT2D eigenvalue weighted by Gasteiger charge is -1.97. The Kier molecular flexibility index (Phi) is 4.50. The SMILES string of the molecule is [N-]=[N+]=NCC=Cc1ccccc1C=NO. The van der Waals surface area contributed by atoms with Gasteiger partial charge in [0, 0.05) is 17.0 Å². The second kappa shape index (κ2) is 6.23. The van der Waals surface area contributed by atoms with E-state index in [0.717, 1.165) is 11.1 Å². The molecule has 5 nitrogen and oxygen atoms in total. The van der Waals surface area contributed by atoms with Gasteiger partial charge in [0.1, 0.15) is 0 Å². The van der Waals surface area contributed by atoms with Gasteiger partial charge in [0.05, 0.1) is 6.21 Å². The summed E-state index contributed by atoms with van der Waals surface area (Å²) >= 11 is 0. The molecule has 0 heterocycles. The molecule has 0 radical (unpaired) electrons. The van der Waals surface area contributed by atoms with Gasteiger partial charge in [0.25, 0.3) is 0 Å². The van der Waals surface area contributed by atoms with Crippen molar-refractivity contribution in [2.75, 3.05) is 6.54 Å². The third-order valence-corrected chi connectivity index (χ3v) is 1.74. The second-order valence-corrected chi connectivity index (χ2v) is 2.69. The molecule has 1 rings (SSSR count). The lowest BCUT2D eigenvalue weighted by Crippen LogP contribution is -1.85. The van der Waals surface area contributed by atoms with Crippen LogP contribution in [0, 0.1) is 0 Å². The van der Waals surface area contributed by atoms with Crippen molar-refractivity contribution in [2.45, 2.75) is 0 Å². The quantitative estimate of drug-likeness (QED) is 0.200. The van der Waals surface area contributed by atoms with Gasteiger partial charge in [-0.25, -0.2) is 0 Å². The zero-order valence-corrected chi connectivity index (χ0v) is 7.98. The Hall–Kier alpha value is -2.26. The van der Waals surface area contributed by atoms with Crippen molar-refractivity contribution in [1.29, 1.82) is 0 Å². The van der Waals surface area contributed by atoms with Crippen molar-refractivity contribution in [1.82, 2.24) is 0 Å². The van der Waals surface area contributed by atoms with Gasteiger partial charge in [0.2, 0.25) is 0 Å². The van der Waals surface area contributed by atoms with E-state index in [2.05, 4.69) is 15.2 Å². The smallest absolute Gasteiger partial charge is 0.0739 e. The van der Waals surface area contributed by atoms with Gasteiger partial charge >= 0.3 is 0 Å². The van der Waals surface area contributed by atoms with E-state index in [0.29, 0.717) is 6.54 Å². The molecule has 0 aliphatic rings. The third-order valence-electron chi connectivity index (χ3n) is 1.74. The molecule has 0 atom stereocenters. The Morgan fingerprint density at radius 2 is 2.07 bits per heavy atom. The van der Waals surface area contributed by atoms with Crippen LogP contribution in [0.5, 0.6) is 0 Å². The molecule has 0 fully saturated rings. The van der Waals surface area contributed by atoms with Gasteiger partial charge in [-0.15, -0.1) is 0 Å². The fourth-order valence-electron chi connectivity index (χ4n) is 1.11. The van der Waals surface area contributed by atoms with Crippen molar-refractivity contribution in [3.05, 3.63) is 51.9 Å². The van der Waals surface area contributed by atoms with E-state index in [1.165, 1.54) is 6.21 Å². The molecule has 15 heavy (non-hydrogen) atoms. The maximum Gasteiger partial charge on any atom is 0.0739 e. The largest absolute Gasteiger partial charge is 0.411 e. The van der Waals surface area contributed by atoms with Crippen LogP contribution in [0.1, 0.15) is 11.1 Å². The zero-order valence-electron chi connectivity index (χ0n) is 7.98. The van der Waals surface area contributed by atoms with Crippen LogP contribution in [-0.4, -0.2) is 18.0 Å².